The van der Waals surface area contributed by atoms with E-state index in [9.17, 15) is 14.7 Å². The van der Waals surface area contributed by atoms with Crippen LogP contribution in [0.5, 0.6) is 5.75 Å². The summed E-state index contributed by atoms with van der Waals surface area (Å²) in [6.45, 7) is 9.19. The van der Waals surface area contributed by atoms with Gasteiger partial charge >= 0.3 is 5.97 Å². The van der Waals surface area contributed by atoms with Crippen LogP contribution in [0.2, 0.25) is 0 Å². The highest BCUT2D eigenvalue weighted by Gasteiger charge is 2.24. The van der Waals surface area contributed by atoms with Crippen LogP contribution >= 0.6 is 11.3 Å². The Kier molecular flexibility index (Phi) is 11.1. The number of carboxylic acid groups (broad SMARTS) is 1. The van der Waals surface area contributed by atoms with Crippen LogP contribution in [0.1, 0.15) is 79.9 Å². The number of hydrogen-bond acceptors (Lipinski definition) is 6. The van der Waals surface area contributed by atoms with E-state index in [-0.39, 0.29) is 17.7 Å². The molecule has 0 aliphatic rings. The average molecular weight is 600 g/mol. The summed E-state index contributed by atoms with van der Waals surface area (Å²) in [6, 6.07) is 18.0. The van der Waals surface area contributed by atoms with Gasteiger partial charge in [-0.05, 0) is 47.2 Å². The monoisotopic (exact) mass is 599 g/mol. The Balaban J connectivity index is 1.32. The Morgan fingerprint density at radius 2 is 1.51 bits per heavy atom. The highest BCUT2D eigenvalue weighted by molar-refractivity contribution is 7.14. The SMILES string of the molecule is CCCCCCCOc1ccc(-c2cnc(-c3ccc(C[C@@H](NC(=O)c4ccc(C(C)(C)C)s4)C(=O)O)cc3)nc2)cc1. The van der Waals surface area contributed by atoms with Crippen molar-refractivity contribution in [3.8, 4) is 28.3 Å². The number of carboxylic acids is 1. The standard InChI is InChI=1S/C35H41N3O4S/c1-5-6-7-8-9-20-42-28-16-14-25(15-17-28)27-22-36-32(37-23-27)26-12-10-24(11-13-26)21-29(34(40)41)38-33(39)30-18-19-31(43-30)35(2,3)4/h10-19,22-23,29H,5-9,20-21H2,1-4H3,(H,38,39)(H,40,41)/t29-/m1/s1. The molecule has 0 aliphatic heterocycles. The summed E-state index contributed by atoms with van der Waals surface area (Å²) >= 11 is 1.39. The maximum absolute atomic E-state index is 12.8. The number of rotatable bonds is 14. The van der Waals surface area contributed by atoms with Crippen molar-refractivity contribution in [2.45, 2.75) is 77.7 Å². The summed E-state index contributed by atoms with van der Waals surface area (Å²) in [6.07, 6.45) is 9.82. The smallest absolute Gasteiger partial charge is 0.326 e. The number of thiophene rings is 1. The molecule has 4 rings (SSSR count). The van der Waals surface area contributed by atoms with Gasteiger partial charge in [0.25, 0.3) is 5.91 Å². The second kappa shape index (κ2) is 14.9. The van der Waals surface area contributed by atoms with E-state index in [1.54, 1.807) is 18.5 Å². The third-order valence-electron chi connectivity index (χ3n) is 7.18. The number of nitrogens with one attached hydrogen (secondary N) is 1. The van der Waals surface area contributed by atoms with Crippen molar-refractivity contribution in [1.29, 1.82) is 0 Å². The summed E-state index contributed by atoms with van der Waals surface area (Å²) in [5.74, 6) is -0.0135. The molecular formula is C35H41N3O4S. The van der Waals surface area contributed by atoms with E-state index in [0.29, 0.717) is 10.7 Å². The van der Waals surface area contributed by atoms with Gasteiger partial charge in [0.05, 0.1) is 11.5 Å². The second-order valence-corrected chi connectivity index (χ2v) is 12.8. The maximum atomic E-state index is 12.8. The number of ether oxygens (including phenoxy) is 1. The molecule has 1 atom stereocenters. The molecule has 0 saturated carbocycles. The molecule has 0 radical (unpaired) electrons. The first-order chi connectivity index (χ1) is 20.6. The van der Waals surface area contributed by atoms with Gasteiger partial charge in [-0.1, -0.05) is 89.8 Å². The minimum atomic E-state index is -1.08. The lowest BCUT2D eigenvalue weighted by Crippen LogP contribution is -2.42. The predicted molar refractivity (Wildman–Crippen MR) is 173 cm³/mol. The summed E-state index contributed by atoms with van der Waals surface area (Å²) < 4.78 is 5.87. The molecule has 0 bridgehead atoms. The number of nitrogens with zero attached hydrogens (tertiary/aromatic N) is 2. The van der Waals surface area contributed by atoms with Crippen LogP contribution in [0.3, 0.4) is 0 Å². The molecular weight excluding hydrogens is 558 g/mol. The van der Waals surface area contributed by atoms with Gasteiger partial charge in [0.2, 0.25) is 0 Å². The molecule has 8 heteroatoms. The fourth-order valence-electron chi connectivity index (χ4n) is 4.58. The van der Waals surface area contributed by atoms with E-state index in [2.05, 4.69) is 43.0 Å². The predicted octanol–water partition coefficient (Wildman–Crippen LogP) is 7.94. The highest BCUT2D eigenvalue weighted by atomic mass is 32.1. The summed E-state index contributed by atoms with van der Waals surface area (Å²) in [4.78, 5) is 35.4. The Labute approximate surface area is 258 Å². The number of hydrogen-bond donors (Lipinski definition) is 2. The van der Waals surface area contributed by atoms with E-state index >= 15 is 0 Å². The van der Waals surface area contributed by atoms with Crippen LogP contribution < -0.4 is 10.1 Å². The average Bonchev–Trinajstić information content (AvgIpc) is 3.51. The number of benzene rings is 2. The van der Waals surface area contributed by atoms with Crippen LogP contribution in [-0.4, -0.2) is 39.6 Å². The van der Waals surface area contributed by atoms with Crippen LogP contribution in [0, 0.1) is 0 Å². The highest BCUT2D eigenvalue weighted by Crippen LogP contribution is 2.29. The molecule has 0 saturated heterocycles. The van der Waals surface area contributed by atoms with E-state index in [0.717, 1.165) is 45.9 Å². The van der Waals surface area contributed by atoms with Crippen LogP contribution in [0.15, 0.2) is 73.1 Å². The molecule has 0 fully saturated rings. The fourth-order valence-corrected chi connectivity index (χ4v) is 5.55. The summed E-state index contributed by atoms with van der Waals surface area (Å²) in [5.41, 5.74) is 3.46. The summed E-state index contributed by atoms with van der Waals surface area (Å²) in [7, 11) is 0. The van der Waals surface area contributed by atoms with Crippen molar-refractivity contribution in [2.24, 2.45) is 0 Å². The molecule has 0 spiro atoms. The molecule has 1 amide bonds. The van der Waals surface area contributed by atoms with Gasteiger partial charge in [0, 0.05) is 34.8 Å². The lowest BCUT2D eigenvalue weighted by atomic mass is 9.95. The Morgan fingerprint density at radius 1 is 0.860 bits per heavy atom. The van der Waals surface area contributed by atoms with Crippen molar-refractivity contribution in [3.63, 3.8) is 0 Å². The van der Waals surface area contributed by atoms with Crippen molar-refractivity contribution < 1.29 is 19.4 Å². The molecule has 43 heavy (non-hydrogen) atoms. The minimum Gasteiger partial charge on any atom is -0.494 e. The maximum Gasteiger partial charge on any atom is 0.326 e. The molecule has 0 unspecified atom stereocenters. The van der Waals surface area contributed by atoms with Gasteiger partial charge in [-0.25, -0.2) is 14.8 Å². The van der Waals surface area contributed by atoms with Gasteiger partial charge in [0.15, 0.2) is 5.82 Å². The fraction of sp³-hybridized carbons (Fsp3) is 0.371. The number of unbranched alkanes of at least 4 members (excludes halogenated alkanes) is 4. The Bertz CT molecular complexity index is 1470. The van der Waals surface area contributed by atoms with Gasteiger partial charge in [-0.2, -0.15) is 0 Å². The van der Waals surface area contributed by atoms with Crippen molar-refractivity contribution >= 4 is 23.2 Å². The van der Waals surface area contributed by atoms with E-state index < -0.39 is 12.0 Å². The van der Waals surface area contributed by atoms with Crippen LogP contribution in [0.4, 0.5) is 0 Å². The number of aromatic nitrogens is 2. The largest absolute Gasteiger partial charge is 0.494 e. The third kappa shape index (κ3) is 9.22. The molecule has 2 heterocycles. The quantitative estimate of drug-likeness (QED) is 0.143. The number of aliphatic carboxylic acids is 1. The van der Waals surface area contributed by atoms with E-state index in [1.165, 1.54) is 37.0 Å². The number of carbonyl (C=O) groups is 2. The van der Waals surface area contributed by atoms with E-state index in [1.807, 2.05) is 54.6 Å². The summed E-state index contributed by atoms with van der Waals surface area (Å²) in [5, 5.41) is 12.4. The third-order valence-corrected chi connectivity index (χ3v) is 8.69. The van der Waals surface area contributed by atoms with Gasteiger partial charge in [-0.3, -0.25) is 4.79 Å². The van der Waals surface area contributed by atoms with Crippen molar-refractivity contribution in [1.82, 2.24) is 15.3 Å². The first-order valence-electron chi connectivity index (χ1n) is 14.9. The molecule has 4 aromatic rings. The first kappa shape index (κ1) is 31.9. The molecule has 0 aliphatic carbocycles. The molecule has 2 aromatic heterocycles. The van der Waals surface area contributed by atoms with Gasteiger partial charge in [0.1, 0.15) is 11.8 Å². The van der Waals surface area contributed by atoms with E-state index in [4.69, 9.17) is 4.74 Å². The zero-order chi connectivity index (χ0) is 30.8. The normalized spacial score (nSPS) is 12.1. The van der Waals surface area contributed by atoms with Gasteiger partial charge < -0.3 is 15.2 Å². The van der Waals surface area contributed by atoms with Crippen LogP contribution in [0.25, 0.3) is 22.5 Å². The zero-order valence-electron chi connectivity index (χ0n) is 25.4. The topological polar surface area (TPSA) is 101 Å². The molecule has 7 nitrogen and oxygen atoms in total. The van der Waals surface area contributed by atoms with Crippen LogP contribution in [-0.2, 0) is 16.6 Å². The van der Waals surface area contributed by atoms with Gasteiger partial charge in [-0.15, -0.1) is 11.3 Å². The lowest BCUT2D eigenvalue weighted by molar-refractivity contribution is -0.139. The Hall–Kier alpha value is -4.04. The molecule has 2 aromatic carbocycles. The van der Waals surface area contributed by atoms with Crippen molar-refractivity contribution in [2.75, 3.05) is 6.61 Å². The zero-order valence-corrected chi connectivity index (χ0v) is 26.2. The van der Waals surface area contributed by atoms with Crippen molar-refractivity contribution in [3.05, 3.63) is 88.4 Å². The number of carbonyl (C=O) groups excluding carboxylic acids is 1. The first-order valence-corrected chi connectivity index (χ1v) is 15.7. The second-order valence-electron chi connectivity index (χ2n) is 11.8. The Morgan fingerprint density at radius 3 is 2.12 bits per heavy atom. The molecule has 2 N–H and O–H groups in total. The minimum absolute atomic E-state index is 0.0745. The number of amides is 1. The lowest BCUT2D eigenvalue weighted by Gasteiger charge is -2.16. The molecule has 226 valence electrons.